The Morgan fingerprint density at radius 2 is 1.58 bits per heavy atom. The van der Waals surface area contributed by atoms with Crippen molar-refractivity contribution in [2.24, 2.45) is 0 Å². The number of amides is 2. The molecule has 0 aromatic heterocycles. The lowest BCUT2D eigenvalue weighted by atomic mass is 10.0. The van der Waals surface area contributed by atoms with Crippen LogP contribution in [-0.2, 0) is 32.6 Å². The molecule has 4 aromatic carbocycles. The van der Waals surface area contributed by atoms with E-state index in [0.29, 0.717) is 27.9 Å². The van der Waals surface area contributed by atoms with Gasteiger partial charge in [0, 0.05) is 29.6 Å². The summed E-state index contributed by atoms with van der Waals surface area (Å²) in [5, 5.41) is 3.57. The molecule has 45 heavy (non-hydrogen) atoms. The van der Waals surface area contributed by atoms with Crippen molar-refractivity contribution in [3.63, 3.8) is 0 Å². The molecule has 0 fully saturated rings. The molecule has 11 heteroatoms. The Labute approximate surface area is 274 Å². The third-order valence-electron chi connectivity index (χ3n) is 7.23. The van der Waals surface area contributed by atoms with Gasteiger partial charge >= 0.3 is 0 Å². The van der Waals surface area contributed by atoms with Crippen molar-refractivity contribution in [2.75, 3.05) is 24.5 Å². The van der Waals surface area contributed by atoms with Gasteiger partial charge in [0.1, 0.15) is 18.3 Å². The van der Waals surface area contributed by atoms with E-state index in [9.17, 15) is 18.0 Å². The SMILES string of the molecule is CCNC(=O)[C@H](Cc1ccccc1)N(Cc1ccc(Cl)cc1Cl)C(=O)CN(c1ccc(OC)cc1)S(=O)(=O)c1ccc(C)cc1. The molecule has 4 aromatic rings. The molecule has 0 saturated heterocycles. The predicted molar refractivity (Wildman–Crippen MR) is 178 cm³/mol. The summed E-state index contributed by atoms with van der Waals surface area (Å²) in [6.45, 7) is 3.34. The molecular weight excluding hydrogens is 633 g/mol. The lowest BCUT2D eigenvalue weighted by Crippen LogP contribution is -2.53. The highest BCUT2D eigenvalue weighted by Gasteiger charge is 2.34. The third kappa shape index (κ3) is 8.57. The second kappa shape index (κ2) is 15.3. The summed E-state index contributed by atoms with van der Waals surface area (Å²) in [7, 11) is -2.71. The number of anilines is 1. The van der Waals surface area contributed by atoms with E-state index in [1.807, 2.05) is 37.3 Å². The van der Waals surface area contributed by atoms with Gasteiger partial charge in [-0.1, -0.05) is 77.3 Å². The van der Waals surface area contributed by atoms with E-state index in [1.165, 1.54) is 24.1 Å². The van der Waals surface area contributed by atoms with Gasteiger partial charge in [-0.25, -0.2) is 8.42 Å². The van der Waals surface area contributed by atoms with Crippen LogP contribution >= 0.6 is 23.2 Å². The van der Waals surface area contributed by atoms with Gasteiger partial charge in [-0.05, 0) is 73.5 Å². The Morgan fingerprint density at radius 3 is 2.18 bits per heavy atom. The molecule has 4 rings (SSSR count). The quantitative estimate of drug-likeness (QED) is 0.181. The summed E-state index contributed by atoms with van der Waals surface area (Å²) in [4.78, 5) is 29.5. The molecule has 0 heterocycles. The number of nitrogens with zero attached hydrogens (tertiary/aromatic N) is 2. The van der Waals surface area contributed by atoms with E-state index >= 15 is 0 Å². The van der Waals surface area contributed by atoms with Crippen LogP contribution in [0.2, 0.25) is 10.0 Å². The molecule has 8 nitrogen and oxygen atoms in total. The van der Waals surface area contributed by atoms with Crippen LogP contribution in [0.4, 0.5) is 5.69 Å². The Bertz CT molecular complexity index is 1720. The number of rotatable bonds is 13. The maximum atomic E-state index is 14.5. The highest BCUT2D eigenvalue weighted by molar-refractivity contribution is 7.92. The Balaban J connectivity index is 1.81. The van der Waals surface area contributed by atoms with Crippen molar-refractivity contribution in [3.05, 3.63) is 124 Å². The topological polar surface area (TPSA) is 96.0 Å². The first-order valence-corrected chi connectivity index (χ1v) is 16.5. The van der Waals surface area contributed by atoms with Gasteiger partial charge in [-0.3, -0.25) is 13.9 Å². The average Bonchev–Trinajstić information content (AvgIpc) is 3.03. The first kappa shape index (κ1) is 33.8. The summed E-state index contributed by atoms with van der Waals surface area (Å²) in [6.07, 6.45) is 0.191. The number of sulfonamides is 1. The minimum absolute atomic E-state index is 0.0218. The highest BCUT2D eigenvalue weighted by Crippen LogP contribution is 2.28. The summed E-state index contributed by atoms with van der Waals surface area (Å²) in [5.41, 5.74) is 2.52. The van der Waals surface area contributed by atoms with Gasteiger partial charge in [0.05, 0.1) is 17.7 Å². The van der Waals surface area contributed by atoms with Crippen molar-refractivity contribution in [2.45, 2.75) is 37.8 Å². The maximum absolute atomic E-state index is 14.5. The van der Waals surface area contributed by atoms with Crippen LogP contribution < -0.4 is 14.4 Å². The fourth-order valence-corrected chi connectivity index (χ4v) is 6.68. The van der Waals surface area contributed by atoms with Crippen molar-refractivity contribution < 1.29 is 22.7 Å². The number of nitrogens with one attached hydrogen (secondary N) is 1. The molecule has 0 spiro atoms. The van der Waals surface area contributed by atoms with E-state index in [0.717, 1.165) is 15.4 Å². The minimum atomic E-state index is -4.22. The van der Waals surface area contributed by atoms with E-state index in [-0.39, 0.29) is 29.5 Å². The number of likely N-dealkylation sites (N-methyl/N-ethyl adjacent to an activating group) is 1. The maximum Gasteiger partial charge on any atom is 0.264 e. The van der Waals surface area contributed by atoms with Gasteiger partial charge in [0.15, 0.2) is 0 Å². The van der Waals surface area contributed by atoms with Crippen LogP contribution in [0.3, 0.4) is 0 Å². The molecule has 1 atom stereocenters. The van der Waals surface area contributed by atoms with Crippen molar-refractivity contribution in [1.29, 1.82) is 0 Å². The number of hydrogen-bond donors (Lipinski definition) is 1. The zero-order valence-corrected chi connectivity index (χ0v) is 27.6. The largest absolute Gasteiger partial charge is 0.497 e. The highest BCUT2D eigenvalue weighted by atomic mass is 35.5. The van der Waals surface area contributed by atoms with Crippen LogP contribution in [0.1, 0.15) is 23.6 Å². The second-order valence-corrected chi connectivity index (χ2v) is 13.1. The number of hydrogen-bond acceptors (Lipinski definition) is 5. The lowest BCUT2D eigenvalue weighted by molar-refractivity contribution is -0.140. The summed E-state index contributed by atoms with van der Waals surface area (Å²) < 4.78 is 34.5. The normalized spacial score (nSPS) is 11.8. The Morgan fingerprint density at radius 1 is 0.911 bits per heavy atom. The van der Waals surface area contributed by atoms with Crippen molar-refractivity contribution >= 4 is 50.7 Å². The van der Waals surface area contributed by atoms with E-state index in [2.05, 4.69) is 5.32 Å². The minimum Gasteiger partial charge on any atom is -0.497 e. The van der Waals surface area contributed by atoms with Gasteiger partial charge in [0.2, 0.25) is 11.8 Å². The molecule has 1 N–H and O–H groups in total. The van der Waals surface area contributed by atoms with E-state index in [4.69, 9.17) is 27.9 Å². The van der Waals surface area contributed by atoms with E-state index < -0.39 is 28.5 Å². The summed E-state index contributed by atoms with van der Waals surface area (Å²) >= 11 is 12.7. The van der Waals surface area contributed by atoms with E-state index in [1.54, 1.807) is 61.5 Å². The fraction of sp³-hybridized carbons (Fsp3) is 0.235. The number of aryl methyl sites for hydroxylation is 1. The number of halogens is 2. The van der Waals surface area contributed by atoms with Crippen LogP contribution in [0.25, 0.3) is 0 Å². The molecule has 0 bridgehead atoms. The molecular formula is C34H35Cl2N3O5S. The van der Waals surface area contributed by atoms with Crippen LogP contribution in [0.15, 0.2) is 102 Å². The van der Waals surface area contributed by atoms with Crippen molar-refractivity contribution in [3.8, 4) is 5.75 Å². The standard InChI is InChI=1S/C34H35Cl2N3O5S/c1-4-37-34(41)32(20-25-8-6-5-7-9-25)38(22-26-12-13-27(35)21-31(26)36)33(40)23-39(28-14-16-29(44-3)17-15-28)45(42,43)30-18-10-24(2)11-19-30/h5-19,21,32H,4,20,22-23H2,1-3H3,(H,37,41)/t32-/m0/s1. The molecule has 0 unspecified atom stereocenters. The number of benzene rings is 4. The molecule has 0 aliphatic carbocycles. The smallest absolute Gasteiger partial charge is 0.264 e. The number of methoxy groups -OCH3 is 1. The summed E-state index contributed by atoms with van der Waals surface area (Å²) in [6, 6.07) is 26.0. The number of carbonyl (C=O) groups excluding carboxylic acids is 2. The predicted octanol–water partition coefficient (Wildman–Crippen LogP) is 6.28. The molecule has 0 aliphatic rings. The third-order valence-corrected chi connectivity index (χ3v) is 9.60. The zero-order valence-electron chi connectivity index (χ0n) is 25.2. The molecule has 236 valence electrons. The average molecular weight is 669 g/mol. The van der Waals surface area contributed by atoms with Gasteiger partial charge in [0.25, 0.3) is 10.0 Å². The second-order valence-electron chi connectivity index (χ2n) is 10.4. The molecule has 0 radical (unpaired) electrons. The first-order chi connectivity index (χ1) is 21.5. The Kier molecular flexibility index (Phi) is 11.5. The van der Waals surface area contributed by atoms with Gasteiger partial charge in [-0.15, -0.1) is 0 Å². The van der Waals surface area contributed by atoms with Crippen molar-refractivity contribution in [1.82, 2.24) is 10.2 Å². The fourth-order valence-electron chi connectivity index (χ4n) is 4.79. The summed E-state index contributed by atoms with van der Waals surface area (Å²) in [5.74, 6) is -0.451. The zero-order chi connectivity index (χ0) is 32.6. The lowest BCUT2D eigenvalue weighted by Gasteiger charge is -2.34. The van der Waals surface area contributed by atoms with Gasteiger partial charge < -0.3 is 15.0 Å². The monoisotopic (exact) mass is 667 g/mol. The Hall–Kier alpha value is -4.05. The molecule has 0 aliphatic heterocycles. The van der Waals surface area contributed by atoms with Crippen LogP contribution in [-0.4, -0.2) is 51.4 Å². The van der Waals surface area contributed by atoms with Crippen LogP contribution in [0.5, 0.6) is 5.75 Å². The van der Waals surface area contributed by atoms with Gasteiger partial charge in [-0.2, -0.15) is 0 Å². The molecule has 0 saturated carbocycles. The number of ether oxygens (including phenoxy) is 1. The number of carbonyl (C=O) groups is 2. The first-order valence-electron chi connectivity index (χ1n) is 14.3. The van der Waals surface area contributed by atoms with Crippen LogP contribution in [0, 0.1) is 6.92 Å². The molecule has 2 amide bonds.